The number of fused-ring (bicyclic) bond motifs is 1. The van der Waals surface area contributed by atoms with E-state index in [1.54, 1.807) is 13.1 Å². The van der Waals surface area contributed by atoms with Crippen LogP contribution in [0.3, 0.4) is 0 Å². The molecule has 1 saturated heterocycles. The zero-order valence-electron chi connectivity index (χ0n) is 19.1. The molecule has 1 aliphatic rings. The second-order valence-electron chi connectivity index (χ2n) is 7.71. The van der Waals surface area contributed by atoms with Crippen molar-refractivity contribution < 1.29 is 14.3 Å². The van der Waals surface area contributed by atoms with Crippen molar-refractivity contribution in [2.75, 3.05) is 43.4 Å². The Bertz CT molecular complexity index is 1170. The molecule has 3 aromatic rings. The SMILES string of the molecule is CCOC(=O)c1cnc2ccc(OCc3ccc(N4CCNCC4)nc3)cc2c1SCCC#N. The summed E-state index contributed by atoms with van der Waals surface area (Å²) < 4.78 is 11.3. The molecule has 0 atom stereocenters. The maximum atomic E-state index is 12.5. The van der Waals surface area contributed by atoms with Crippen molar-refractivity contribution in [1.29, 1.82) is 5.26 Å². The lowest BCUT2D eigenvalue weighted by molar-refractivity contribution is 0.0522. The third-order valence-electron chi connectivity index (χ3n) is 5.40. The summed E-state index contributed by atoms with van der Waals surface area (Å²) in [6, 6.07) is 11.8. The molecular formula is C25H27N5O3S. The normalized spacial score (nSPS) is 13.5. The molecule has 0 aliphatic carbocycles. The Morgan fingerprint density at radius 1 is 1.21 bits per heavy atom. The fourth-order valence-electron chi connectivity index (χ4n) is 3.70. The van der Waals surface area contributed by atoms with Crippen LogP contribution >= 0.6 is 11.8 Å². The van der Waals surface area contributed by atoms with E-state index in [0.717, 1.165) is 53.4 Å². The molecule has 0 spiro atoms. The number of ether oxygens (including phenoxy) is 2. The fraction of sp³-hybridized carbons (Fsp3) is 0.360. The lowest BCUT2D eigenvalue weighted by Crippen LogP contribution is -2.43. The highest BCUT2D eigenvalue weighted by Crippen LogP contribution is 2.33. The summed E-state index contributed by atoms with van der Waals surface area (Å²) in [5.74, 6) is 1.80. The number of pyridine rings is 2. The number of anilines is 1. The molecule has 9 heteroatoms. The molecule has 0 unspecified atom stereocenters. The number of piperazine rings is 1. The molecule has 176 valence electrons. The minimum absolute atomic E-state index is 0.282. The van der Waals surface area contributed by atoms with Crippen molar-refractivity contribution in [3.63, 3.8) is 0 Å². The first kappa shape index (κ1) is 23.8. The summed E-state index contributed by atoms with van der Waals surface area (Å²) in [6.07, 6.45) is 3.77. The first-order chi connectivity index (χ1) is 16.7. The zero-order chi connectivity index (χ0) is 23.8. The number of carbonyl (C=O) groups excluding carboxylic acids is 1. The second kappa shape index (κ2) is 11.7. The van der Waals surface area contributed by atoms with E-state index < -0.39 is 5.97 Å². The van der Waals surface area contributed by atoms with Gasteiger partial charge in [0, 0.05) is 66.6 Å². The van der Waals surface area contributed by atoms with Crippen LogP contribution in [0.15, 0.2) is 47.6 Å². The van der Waals surface area contributed by atoms with Crippen LogP contribution in [0.25, 0.3) is 10.9 Å². The van der Waals surface area contributed by atoms with Crippen LogP contribution in [0.1, 0.15) is 29.3 Å². The minimum atomic E-state index is -0.418. The fourth-order valence-corrected chi connectivity index (χ4v) is 4.70. The number of nitriles is 1. The van der Waals surface area contributed by atoms with Crippen LogP contribution in [0.2, 0.25) is 0 Å². The molecule has 4 rings (SSSR count). The Balaban J connectivity index is 1.52. The van der Waals surface area contributed by atoms with Crippen molar-refractivity contribution in [2.24, 2.45) is 0 Å². The van der Waals surface area contributed by atoms with Gasteiger partial charge in [0.05, 0.1) is 23.8 Å². The van der Waals surface area contributed by atoms with E-state index in [4.69, 9.17) is 14.7 Å². The van der Waals surface area contributed by atoms with Gasteiger partial charge < -0.3 is 19.7 Å². The largest absolute Gasteiger partial charge is 0.489 e. The van der Waals surface area contributed by atoms with E-state index in [0.29, 0.717) is 30.1 Å². The van der Waals surface area contributed by atoms with Gasteiger partial charge in [0.15, 0.2) is 0 Å². The number of hydrogen-bond donors (Lipinski definition) is 1. The van der Waals surface area contributed by atoms with E-state index in [9.17, 15) is 4.79 Å². The number of thioether (sulfide) groups is 1. The molecule has 2 aromatic heterocycles. The lowest BCUT2D eigenvalue weighted by Gasteiger charge is -2.28. The molecule has 1 aliphatic heterocycles. The lowest BCUT2D eigenvalue weighted by atomic mass is 10.1. The summed E-state index contributed by atoms with van der Waals surface area (Å²) in [5.41, 5.74) is 2.13. The minimum Gasteiger partial charge on any atom is -0.489 e. The third-order valence-corrected chi connectivity index (χ3v) is 6.54. The molecule has 8 nitrogen and oxygen atoms in total. The third kappa shape index (κ3) is 5.76. The average molecular weight is 478 g/mol. The maximum Gasteiger partial charge on any atom is 0.340 e. The van der Waals surface area contributed by atoms with Crippen LogP contribution in [0.4, 0.5) is 5.82 Å². The maximum absolute atomic E-state index is 12.5. The summed E-state index contributed by atoms with van der Waals surface area (Å²) in [7, 11) is 0. The van der Waals surface area contributed by atoms with E-state index >= 15 is 0 Å². The number of esters is 1. The van der Waals surface area contributed by atoms with Gasteiger partial charge in [0.2, 0.25) is 0 Å². The van der Waals surface area contributed by atoms with E-state index in [1.807, 2.05) is 36.5 Å². The predicted octanol–water partition coefficient (Wildman–Crippen LogP) is 3.80. The average Bonchev–Trinajstić information content (AvgIpc) is 2.88. The highest BCUT2D eigenvalue weighted by atomic mass is 32.2. The summed E-state index contributed by atoms with van der Waals surface area (Å²) in [6.45, 7) is 6.28. The number of nitrogens with one attached hydrogen (secondary N) is 1. The van der Waals surface area contributed by atoms with Gasteiger partial charge in [-0.25, -0.2) is 9.78 Å². The number of nitrogens with zero attached hydrogens (tertiary/aromatic N) is 4. The molecule has 0 bridgehead atoms. The van der Waals surface area contributed by atoms with Gasteiger partial charge in [-0.15, -0.1) is 11.8 Å². The Labute approximate surface area is 203 Å². The number of carbonyl (C=O) groups is 1. The molecule has 0 saturated carbocycles. The van der Waals surface area contributed by atoms with Crippen LogP contribution in [0.5, 0.6) is 5.75 Å². The molecule has 1 fully saturated rings. The summed E-state index contributed by atoms with van der Waals surface area (Å²) in [4.78, 5) is 24.5. The van der Waals surface area contributed by atoms with Gasteiger partial charge >= 0.3 is 5.97 Å². The summed E-state index contributed by atoms with van der Waals surface area (Å²) in [5, 5.41) is 13.1. The number of benzene rings is 1. The van der Waals surface area contributed by atoms with E-state index in [1.165, 1.54) is 11.8 Å². The molecule has 34 heavy (non-hydrogen) atoms. The van der Waals surface area contributed by atoms with Crippen molar-refractivity contribution in [2.45, 2.75) is 24.8 Å². The Kier molecular flexibility index (Phi) is 8.17. The van der Waals surface area contributed by atoms with Crippen LogP contribution < -0.4 is 15.0 Å². The van der Waals surface area contributed by atoms with E-state index in [-0.39, 0.29) is 6.61 Å². The number of aromatic nitrogens is 2. The van der Waals surface area contributed by atoms with Crippen LogP contribution in [-0.4, -0.2) is 54.5 Å². The Hall–Kier alpha value is -3.35. The number of rotatable bonds is 9. The quantitative estimate of drug-likeness (QED) is 0.280. The standard InChI is InChI=1S/C25H27N5O3S/c1-2-32-25(31)21-16-28-22-6-5-19(14-20(22)24(21)34-13-3-8-26)33-17-18-4-7-23(29-15-18)30-11-9-27-10-12-30/h4-7,14-16,27H,2-3,9-13,17H2,1H3. The van der Waals surface area contributed by atoms with E-state index in [2.05, 4.69) is 26.3 Å². The molecule has 0 amide bonds. The first-order valence-corrected chi connectivity index (χ1v) is 12.3. The zero-order valence-corrected chi connectivity index (χ0v) is 19.9. The first-order valence-electron chi connectivity index (χ1n) is 11.3. The van der Waals surface area contributed by atoms with Crippen molar-refractivity contribution >= 4 is 34.5 Å². The predicted molar refractivity (Wildman–Crippen MR) is 132 cm³/mol. The van der Waals surface area contributed by atoms with Gasteiger partial charge in [-0.3, -0.25) is 4.98 Å². The van der Waals surface area contributed by atoms with Crippen LogP contribution in [0, 0.1) is 11.3 Å². The molecule has 1 aromatic carbocycles. The van der Waals surface area contributed by atoms with Gasteiger partial charge in [-0.1, -0.05) is 6.07 Å². The molecule has 3 heterocycles. The molecular weight excluding hydrogens is 450 g/mol. The Morgan fingerprint density at radius 3 is 2.79 bits per heavy atom. The van der Waals surface area contributed by atoms with Gasteiger partial charge in [-0.2, -0.15) is 5.26 Å². The van der Waals surface area contributed by atoms with Gasteiger partial charge in [0.25, 0.3) is 0 Å². The molecule has 0 radical (unpaired) electrons. The van der Waals surface area contributed by atoms with Crippen molar-refractivity contribution in [1.82, 2.24) is 15.3 Å². The highest BCUT2D eigenvalue weighted by Gasteiger charge is 2.18. The molecule has 1 N–H and O–H groups in total. The number of hydrogen-bond acceptors (Lipinski definition) is 9. The summed E-state index contributed by atoms with van der Waals surface area (Å²) >= 11 is 1.46. The van der Waals surface area contributed by atoms with Gasteiger partial charge in [-0.05, 0) is 31.2 Å². The van der Waals surface area contributed by atoms with Crippen molar-refractivity contribution in [3.05, 3.63) is 53.9 Å². The topological polar surface area (TPSA) is 100 Å². The van der Waals surface area contributed by atoms with Crippen LogP contribution in [-0.2, 0) is 11.3 Å². The second-order valence-corrected chi connectivity index (χ2v) is 8.81. The monoisotopic (exact) mass is 477 g/mol. The van der Waals surface area contributed by atoms with Crippen molar-refractivity contribution in [3.8, 4) is 11.8 Å². The smallest absolute Gasteiger partial charge is 0.340 e. The van der Waals surface area contributed by atoms with Gasteiger partial charge in [0.1, 0.15) is 18.2 Å². The highest BCUT2D eigenvalue weighted by molar-refractivity contribution is 7.99. The Morgan fingerprint density at radius 2 is 2.06 bits per heavy atom.